The molecule has 0 amide bonds. The van der Waals surface area contributed by atoms with Crippen LogP contribution >= 0.6 is 23.3 Å². The van der Waals surface area contributed by atoms with Crippen LogP contribution in [-0.4, -0.2) is 30.8 Å². The summed E-state index contributed by atoms with van der Waals surface area (Å²) in [4.78, 5) is 13.0. The number of hydrogen-bond donors (Lipinski definition) is 1. The smallest absolute Gasteiger partial charge is 0.224 e. The third kappa shape index (κ3) is 2.85. The lowest BCUT2D eigenvalue weighted by Gasteiger charge is -2.46. The summed E-state index contributed by atoms with van der Waals surface area (Å²) < 4.78 is 8.57. The molecule has 0 fully saturated rings. The van der Waals surface area contributed by atoms with Gasteiger partial charge in [-0.3, -0.25) is 0 Å². The van der Waals surface area contributed by atoms with Crippen molar-refractivity contribution in [3.63, 3.8) is 0 Å². The van der Waals surface area contributed by atoms with Gasteiger partial charge in [-0.2, -0.15) is 18.7 Å². The molecule has 1 aliphatic rings. The zero-order valence-electron chi connectivity index (χ0n) is 14.4. The summed E-state index contributed by atoms with van der Waals surface area (Å²) in [7, 11) is 0. The van der Waals surface area contributed by atoms with Gasteiger partial charge in [0.05, 0.1) is 17.3 Å². The van der Waals surface area contributed by atoms with Crippen LogP contribution in [0.1, 0.15) is 20.3 Å². The highest BCUT2D eigenvalue weighted by atomic mass is 35.5. The lowest BCUT2D eigenvalue weighted by atomic mass is 9.94. The van der Waals surface area contributed by atoms with Crippen LogP contribution < -0.4 is 15.5 Å². The monoisotopic (exact) mass is 387 g/mol. The van der Waals surface area contributed by atoms with Gasteiger partial charge in [0.25, 0.3) is 0 Å². The molecule has 4 rings (SSSR count). The number of nitrogen functional groups attached to an aromatic ring is 1. The van der Waals surface area contributed by atoms with Crippen LogP contribution in [0.2, 0.25) is 5.02 Å². The minimum atomic E-state index is -0.203. The molecule has 3 heterocycles. The van der Waals surface area contributed by atoms with Gasteiger partial charge in [0.2, 0.25) is 11.6 Å². The SMILES string of the molecule is CCC1(C)CN(c2ccc(Cl)cc2)C=CN1c1nc(N)nc2nsnc12. The quantitative estimate of drug-likeness (QED) is 0.733. The molecule has 26 heavy (non-hydrogen) atoms. The average Bonchev–Trinajstić information content (AvgIpc) is 3.10. The van der Waals surface area contributed by atoms with E-state index in [9.17, 15) is 0 Å². The fraction of sp³-hybridized carbons (Fsp3) is 0.294. The molecule has 1 unspecified atom stereocenters. The van der Waals surface area contributed by atoms with Crippen molar-refractivity contribution in [1.29, 1.82) is 0 Å². The third-order valence-corrected chi connectivity index (χ3v) is 5.53. The standard InChI is InChI=1S/C17H18ClN7S/c1-3-17(2)10-24(12-6-4-11(18)5-7-12)8-9-25(17)15-13-14(23-26-22-13)20-16(19)21-15/h4-9H,3,10H2,1-2H3,(H2,19,20,23). The van der Waals surface area contributed by atoms with Gasteiger partial charge in [-0.25, -0.2) is 0 Å². The fourth-order valence-corrected chi connectivity index (χ4v) is 3.72. The van der Waals surface area contributed by atoms with Gasteiger partial charge in [-0.15, -0.1) is 0 Å². The van der Waals surface area contributed by atoms with Crippen molar-refractivity contribution in [2.45, 2.75) is 25.8 Å². The molecular weight excluding hydrogens is 370 g/mol. The maximum absolute atomic E-state index is 6.01. The lowest BCUT2D eigenvalue weighted by molar-refractivity contribution is 0.431. The maximum atomic E-state index is 6.01. The van der Waals surface area contributed by atoms with E-state index in [-0.39, 0.29) is 11.5 Å². The largest absolute Gasteiger partial charge is 0.368 e. The molecule has 3 aromatic rings. The predicted molar refractivity (Wildman–Crippen MR) is 107 cm³/mol. The first kappa shape index (κ1) is 17.0. The number of nitrogens with zero attached hydrogens (tertiary/aromatic N) is 6. The minimum Gasteiger partial charge on any atom is -0.368 e. The average molecular weight is 388 g/mol. The van der Waals surface area contributed by atoms with E-state index in [0.717, 1.165) is 35.4 Å². The molecule has 1 atom stereocenters. The Morgan fingerprint density at radius 2 is 1.96 bits per heavy atom. The lowest BCUT2D eigenvalue weighted by Crippen LogP contribution is -2.54. The molecule has 1 aromatic carbocycles. The first-order valence-corrected chi connectivity index (χ1v) is 9.37. The summed E-state index contributed by atoms with van der Waals surface area (Å²) in [6, 6.07) is 7.83. The van der Waals surface area contributed by atoms with Gasteiger partial charge >= 0.3 is 0 Å². The zero-order chi connectivity index (χ0) is 18.3. The van der Waals surface area contributed by atoms with Gasteiger partial charge in [-0.05, 0) is 37.6 Å². The van der Waals surface area contributed by atoms with Crippen molar-refractivity contribution in [2.75, 3.05) is 22.1 Å². The Morgan fingerprint density at radius 3 is 2.69 bits per heavy atom. The van der Waals surface area contributed by atoms with Gasteiger partial charge < -0.3 is 15.5 Å². The molecule has 0 aliphatic carbocycles. The van der Waals surface area contributed by atoms with Crippen molar-refractivity contribution in [1.82, 2.24) is 18.7 Å². The first-order chi connectivity index (χ1) is 12.5. The topological polar surface area (TPSA) is 84.1 Å². The van der Waals surface area contributed by atoms with Crippen molar-refractivity contribution in [3.05, 3.63) is 41.7 Å². The fourth-order valence-electron chi connectivity index (χ4n) is 3.10. The van der Waals surface area contributed by atoms with Crippen LogP contribution in [-0.2, 0) is 0 Å². The van der Waals surface area contributed by atoms with Crippen molar-refractivity contribution >= 4 is 51.9 Å². The molecule has 7 nitrogen and oxygen atoms in total. The number of nitrogens with two attached hydrogens (primary N) is 1. The van der Waals surface area contributed by atoms with Crippen LogP contribution in [0.15, 0.2) is 36.7 Å². The van der Waals surface area contributed by atoms with Crippen molar-refractivity contribution in [3.8, 4) is 0 Å². The Bertz CT molecular complexity index is 971. The molecule has 9 heteroatoms. The Labute approximate surface area is 160 Å². The molecule has 0 radical (unpaired) electrons. The number of benzene rings is 1. The predicted octanol–water partition coefficient (Wildman–Crippen LogP) is 3.68. The molecule has 2 N–H and O–H groups in total. The Balaban J connectivity index is 1.77. The van der Waals surface area contributed by atoms with E-state index in [1.165, 1.54) is 0 Å². The van der Waals surface area contributed by atoms with Gasteiger partial charge in [0.15, 0.2) is 11.3 Å². The maximum Gasteiger partial charge on any atom is 0.224 e. The Kier molecular flexibility index (Phi) is 4.16. The van der Waals surface area contributed by atoms with E-state index < -0.39 is 0 Å². The zero-order valence-corrected chi connectivity index (χ0v) is 16.0. The first-order valence-electron chi connectivity index (χ1n) is 8.26. The summed E-state index contributed by atoms with van der Waals surface area (Å²) in [5.74, 6) is 0.893. The molecule has 0 bridgehead atoms. The second-order valence-corrected chi connectivity index (χ2v) is 7.43. The molecule has 1 aliphatic heterocycles. The number of rotatable bonds is 3. The van der Waals surface area contributed by atoms with E-state index in [1.54, 1.807) is 0 Å². The number of aromatic nitrogens is 4. The highest BCUT2D eigenvalue weighted by Gasteiger charge is 2.36. The van der Waals surface area contributed by atoms with E-state index in [4.69, 9.17) is 17.3 Å². The molecule has 134 valence electrons. The number of hydrogen-bond acceptors (Lipinski definition) is 8. The second-order valence-electron chi connectivity index (χ2n) is 6.46. The third-order valence-electron chi connectivity index (χ3n) is 4.76. The van der Waals surface area contributed by atoms with Gasteiger partial charge in [0, 0.05) is 29.7 Å². The van der Waals surface area contributed by atoms with Crippen molar-refractivity contribution in [2.24, 2.45) is 0 Å². The summed E-state index contributed by atoms with van der Waals surface area (Å²) in [6.45, 7) is 5.14. The van der Waals surface area contributed by atoms with E-state index >= 15 is 0 Å². The molecule has 2 aromatic heterocycles. The highest BCUT2D eigenvalue weighted by Crippen LogP contribution is 2.35. The molecule has 0 spiro atoms. The summed E-state index contributed by atoms with van der Waals surface area (Å²) in [6.07, 6.45) is 4.96. The van der Waals surface area contributed by atoms with E-state index in [1.807, 2.05) is 36.7 Å². The molecular formula is C17H18ClN7S. The summed E-state index contributed by atoms with van der Waals surface area (Å²) in [5.41, 5.74) is 7.99. The van der Waals surface area contributed by atoms with Crippen LogP contribution in [0.4, 0.5) is 17.5 Å². The van der Waals surface area contributed by atoms with Gasteiger partial charge in [-0.1, -0.05) is 18.5 Å². The normalized spacial score (nSPS) is 20.1. The van der Waals surface area contributed by atoms with E-state index in [2.05, 4.69) is 42.4 Å². The van der Waals surface area contributed by atoms with Crippen LogP contribution in [0.3, 0.4) is 0 Å². The summed E-state index contributed by atoms with van der Waals surface area (Å²) >= 11 is 7.13. The van der Waals surface area contributed by atoms with Crippen LogP contribution in [0.25, 0.3) is 11.2 Å². The minimum absolute atomic E-state index is 0.201. The number of anilines is 3. The highest BCUT2D eigenvalue weighted by molar-refractivity contribution is 7.00. The summed E-state index contributed by atoms with van der Waals surface area (Å²) in [5, 5.41) is 0.726. The number of fused-ring (bicyclic) bond motifs is 1. The Hall–Kier alpha value is -2.45. The number of halogens is 1. The molecule has 0 saturated carbocycles. The van der Waals surface area contributed by atoms with Crippen LogP contribution in [0, 0.1) is 0 Å². The van der Waals surface area contributed by atoms with Crippen LogP contribution in [0.5, 0.6) is 0 Å². The second kappa shape index (κ2) is 6.37. The molecule has 0 saturated heterocycles. The van der Waals surface area contributed by atoms with Gasteiger partial charge in [0.1, 0.15) is 0 Å². The van der Waals surface area contributed by atoms with E-state index in [0.29, 0.717) is 17.0 Å². The Morgan fingerprint density at radius 1 is 1.19 bits per heavy atom. The van der Waals surface area contributed by atoms with Crippen molar-refractivity contribution < 1.29 is 0 Å².